The van der Waals surface area contributed by atoms with Crippen molar-refractivity contribution in [1.29, 1.82) is 0 Å². The second-order valence-electron chi connectivity index (χ2n) is 7.78. The smallest absolute Gasteiger partial charge is 0.337 e. The van der Waals surface area contributed by atoms with Gasteiger partial charge in [0.25, 0.3) is 0 Å². The number of aromatic nitrogens is 2. The number of thioether (sulfide) groups is 1. The minimum absolute atomic E-state index is 0.148. The van der Waals surface area contributed by atoms with Crippen LogP contribution in [0, 0.1) is 0 Å². The molecule has 0 unspecified atom stereocenters. The van der Waals surface area contributed by atoms with Crippen molar-refractivity contribution in [2.24, 2.45) is 0 Å². The highest BCUT2D eigenvalue weighted by Crippen LogP contribution is 2.24. The highest BCUT2D eigenvalue weighted by molar-refractivity contribution is 7.99. The molecule has 35 heavy (non-hydrogen) atoms. The molecule has 0 bridgehead atoms. The summed E-state index contributed by atoms with van der Waals surface area (Å²) in [5.74, 6) is 1.18. The number of carbonyl (C=O) groups excluding carboxylic acids is 2. The molecule has 9 nitrogen and oxygen atoms in total. The maximum Gasteiger partial charge on any atom is 0.337 e. The van der Waals surface area contributed by atoms with E-state index >= 15 is 0 Å². The molecule has 1 aromatic heterocycles. The van der Waals surface area contributed by atoms with Gasteiger partial charge in [-0.2, -0.15) is 0 Å². The third-order valence-corrected chi connectivity index (χ3v) is 6.40. The second-order valence-corrected chi connectivity index (χ2v) is 8.72. The maximum atomic E-state index is 12.4. The van der Waals surface area contributed by atoms with Gasteiger partial charge in [-0.15, -0.1) is 0 Å². The first kappa shape index (κ1) is 24.3. The lowest BCUT2D eigenvalue weighted by molar-refractivity contribution is -0.113. The van der Waals surface area contributed by atoms with Crippen molar-refractivity contribution in [2.75, 3.05) is 61.3 Å². The zero-order valence-electron chi connectivity index (χ0n) is 19.6. The first-order valence-electron chi connectivity index (χ1n) is 11.1. The van der Waals surface area contributed by atoms with E-state index in [-0.39, 0.29) is 11.7 Å². The molecule has 4 rings (SSSR count). The lowest BCUT2D eigenvalue weighted by Gasteiger charge is -2.36. The van der Waals surface area contributed by atoms with E-state index in [1.54, 1.807) is 37.6 Å². The Kier molecular flexibility index (Phi) is 8.04. The summed E-state index contributed by atoms with van der Waals surface area (Å²) in [5, 5.41) is 3.33. The number of hydrogen-bond acceptors (Lipinski definition) is 9. The fourth-order valence-electron chi connectivity index (χ4n) is 3.75. The number of hydrogen-bond donors (Lipinski definition) is 1. The van der Waals surface area contributed by atoms with Crippen LogP contribution in [0.2, 0.25) is 0 Å². The van der Waals surface area contributed by atoms with Crippen LogP contribution >= 0.6 is 11.8 Å². The van der Waals surface area contributed by atoms with E-state index in [2.05, 4.69) is 31.2 Å². The Morgan fingerprint density at radius 3 is 2.54 bits per heavy atom. The quantitative estimate of drug-likeness (QED) is 0.288. The number of anilines is 3. The van der Waals surface area contributed by atoms with Crippen molar-refractivity contribution < 1.29 is 19.1 Å². The summed E-state index contributed by atoms with van der Waals surface area (Å²) in [5.41, 5.74) is 2.05. The third-order valence-electron chi connectivity index (χ3n) is 5.54. The Labute approximate surface area is 208 Å². The minimum Gasteiger partial charge on any atom is -0.497 e. The molecule has 0 spiro atoms. The van der Waals surface area contributed by atoms with Gasteiger partial charge in [-0.05, 0) is 36.4 Å². The molecule has 1 saturated heterocycles. The molecule has 0 saturated carbocycles. The number of benzene rings is 2. The van der Waals surface area contributed by atoms with Gasteiger partial charge in [0.05, 0.1) is 25.5 Å². The van der Waals surface area contributed by atoms with Crippen molar-refractivity contribution >= 4 is 40.8 Å². The van der Waals surface area contributed by atoms with E-state index in [0.29, 0.717) is 16.4 Å². The van der Waals surface area contributed by atoms with Gasteiger partial charge in [0.1, 0.15) is 11.6 Å². The number of esters is 1. The molecular formula is C25H27N5O4S. The summed E-state index contributed by atoms with van der Waals surface area (Å²) in [6.07, 6.45) is 1.72. The molecular weight excluding hydrogens is 466 g/mol. The summed E-state index contributed by atoms with van der Waals surface area (Å²) < 4.78 is 10.1. The van der Waals surface area contributed by atoms with Crippen LogP contribution in [-0.2, 0) is 9.53 Å². The van der Waals surface area contributed by atoms with Gasteiger partial charge in [0.15, 0.2) is 5.16 Å². The molecule has 0 aliphatic carbocycles. The lowest BCUT2D eigenvalue weighted by Crippen LogP contribution is -2.46. The van der Waals surface area contributed by atoms with Gasteiger partial charge in [-0.3, -0.25) is 4.79 Å². The topological polar surface area (TPSA) is 96.9 Å². The zero-order chi connectivity index (χ0) is 24.6. The van der Waals surface area contributed by atoms with Gasteiger partial charge in [-0.1, -0.05) is 23.9 Å². The standard InChI is InChI=1S/C25H27N5O4S/c1-33-21-8-4-7-20(16-21)29-11-13-30(14-12-29)22-9-10-26-25(28-22)35-17-23(31)27-19-6-3-5-18(15-19)24(32)34-2/h3-10,15-16H,11-14,17H2,1-2H3,(H,27,31). The van der Waals surface area contributed by atoms with Gasteiger partial charge in [-0.25, -0.2) is 14.8 Å². The number of methoxy groups -OCH3 is 2. The normalized spacial score (nSPS) is 13.3. The minimum atomic E-state index is -0.454. The van der Waals surface area contributed by atoms with Crippen molar-refractivity contribution in [3.05, 3.63) is 66.4 Å². The van der Waals surface area contributed by atoms with E-state index in [1.165, 1.54) is 18.9 Å². The highest BCUT2D eigenvalue weighted by atomic mass is 32.2. The number of amides is 1. The predicted molar refractivity (Wildman–Crippen MR) is 137 cm³/mol. The fourth-order valence-corrected chi connectivity index (χ4v) is 4.37. The molecule has 1 fully saturated rings. The summed E-state index contributed by atoms with van der Waals surface area (Å²) in [6, 6.07) is 16.6. The number of nitrogens with zero attached hydrogens (tertiary/aromatic N) is 4. The van der Waals surface area contributed by atoms with Crippen LogP contribution in [0.15, 0.2) is 66.0 Å². The summed E-state index contributed by atoms with van der Waals surface area (Å²) in [7, 11) is 2.99. The average Bonchev–Trinajstić information content (AvgIpc) is 2.92. The van der Waals surface area contributed by atoms with E-state index in [1.807, 2.05) is 24.3 Å². The van der Waals surface area contributed by atoms with Crippen LogP contribution in [0.5, 0.6) is 5.75 Å². The zero-order valence-corrected chi connectivity index (χ0v) is 20.5. The first-order valence-corrected chi connectivity index (χ1v) is 12.1. The van der Waals surface area contributed by atoms with Crippen molar-refractivity contribution in [3.8, 4) is 5.75 Å². The Bertz CT molecular complexity index is 1180. The van der Waals surface area contributed by atoms with Crippen molar-refractivity contribution in [3.63, 3.8) is 0 Å². The Morgan fingerprint density at radius 2 is 1.77 bits per heavy atom. The molecule has 0 radical (unpaired) electrons. The number of rotatable bonds is 8. The molecule has 1 N–H and O–H groups in total. The molecule has 2 heterocycles. The third kappa shape index (κ3) is 6.42. The molecule has 0 atom stereocenters. The van der Waals surface area contributed by atoms with Gasteiger partial charge in [0.2, 0.25) is 5.91 Å². The summed E-state index contributed by atoms with van der Waals surface area (Å²) in [4.78, 5) is 37.6. The monoisotopic (exact) mass is 493 g/mol. The van der Waals surface area contributed by atoms with Crippen LogP contribution < -0.4 is 19.9 Å². The Hall–Kier alpha value is -3.79. The van der Waals surface area contributed by atoms with Crippen LogP contribution in [0.3, 0.4) is 0 Å². The Morgan fingerprint density at radius 1 is 1.00 bits per heavy atom. The largest absolute Gasteiger partial charge is 0.497 e. The second kappa shape index (κ2) is 11.6. The van der Waals surface area contributed by atoms with Crippen LogP contribution in [-0.4, -0.2) is 68.0 Å². The van der Waals surface area contributed by atoms with E-state index in [4.69, 9.17) is 9.47 Å². The molecule has 3 aromatic rings. The SMILES string of the molecule is COC(=O)c1cccc(NC(=O)CSc2nccc(N3CCN(c4cccc(OC)c4)CC3)n2)c1. The van der Waals surface area contributed by atoms with Gasteiger partial charge in [0, 0.05) is 49.8 Å². The first-order chi connectivity index (χ1) is 17.1. The average molecular weight is 494 g/mol. The lowest BCUT2D eigenvalue weighted by atomic mass is 10.2. The summed E-state index contributed by atoms with van der Waals surface area (Å²) in [6.45, 7) is 3.39. The van der Waals surface area contributed by atoms with Crippen LogP contribution in [0.1, 0.15) is 10.4 Å². The molecule has 2 aromatic carbocycles. The number of carbonyl (C=O) groups is 2. The molecule has 1 amide bonds. The molecule has 1 aliphatic rings. The van der Waals surface area contributed by atoms with Crippen LogP contribution in [0.25, 0.3) is 0 Å². The number of nitrogens with one attached hydrogen (secondary N) is 1. The predicted octanol–water partition coefficient (Wildman–Crippen LogP) is 3.33. The highest BCUT2D eigenvalue weighted by Gasteiger charge is 2.19. The summed E-state index contributed by atoms with van der Waals surface area (Å²) >= 11 is 1.27. The van der Waals surface area contributed by atoms with Crippen molar-refractivity contribution in [2.45, 2.75) is 5.16 Å². The number of piperazine rings is 1. The van der Waals surface area contributed by atoms with Gasteiger partial charge >= 0.3 is 5.97 Å². The molecule has 182 valence electrons. The maximum absolute atomic E-state index is 12.4. The fraction of sp³-hybridized carbons (Fsp3) is 0.280. The molecule has 1 aliphatic heterocycles. The van der Waals surface area contributed by atoms with E-state index < -0.39 is 5.97 Å². The van der Waals surface area contributed by atoms with Crippen LogP contribution in [0.4, 0.5) is 17.2 Å². The molecule has 10 heteroatoms. The van der Waals surface area contributed by atoms with Gasteiger partial charge < -0.3 is 24.6 Å². The Balaban J connectivity index is 1.30. The number of ether oxygens (including phenoxy) is 2. The van der Waals surface area contributed by atoms with Crippen molar-refractivity contribution in [1.82, 2.24) is 9.97 Å². The van der Waals surface area contributed by atoms with E-state index in [0.717, 1.165) is 43.4 Å². The van der Waals surface area contributed by atoms with E-state index in [9.17, 15) is 9.59 Å².